The molecule has 2 aromatic rings. The summed E-state index contributed by atoms with van der Waals surface area (Å²) in [5, 5.41) is 18.6. The molecule has 0 spiro atoms. The molecule has 0 saturated carbocycles. The monoisotopic (exact) mass is 515 g/mol. The van der Waals surface area contributed by atoms with E-state index in [4.69, 9.17) is 59.2 Å². The van der Waals surface area contributed by atoms with Crippen LogP contribution >= 0.6 is 34.8 Å². The number of carbonyl (C=O) groups is 2. The molecule has 5 atom stereocenters. The first kappa shape index (κ1) is 25.3. The van der Waals surface area contributed by atoms with Crippen LogP contribution in [0.4, 0.5) is 0 Å². The first-order valence-corrected chi connectivity index (χ1v) is 10.9. The second-order valence-corrected chi connectivity index (χ2v) is 9.40. The van der Waals surface area contributed by atoms with Gasteiger partial charge in [0, 0.05) is 0 Å². The van der Waals surface area contributed by atoms with Gasteiger partial charge in [-0.15, -0.1) is 0 Å². The van der Waals surface area contributed by atoms with Crippen molar-refractivity contribution in [2.75, 3.05) is 0 Å². The number of rotatable bonds is 5. The highest BCUT2D eigenvalue weighted by Gasteiger charge is 2.50. The van der Waals surface area contributed by atoms with E-state index in [1.165, 1.54) is 19.1 Å². The molecule has 1 saturated heterocycles. The number of halogens is 3. The van der Waals surface area contributed by atoms with Gasteiger partial charge in [-0.05, 0) is 31.2 Å². The number of esters is 2. The minimum Gasteiger partial charge on any atom is -0.452 e. The summed E-state index contributed by atoms with van der Waals surface area (Å²) in [5.41, 5.74) is 0.465. The molecule has 0 amide bonds. The van der Waals surface area contributed by atoms with E-state index in [1.807, 2.05) is 0 Å². The van der Waals surface area contributed by atoms with E-state index in [2.05, 4.69) is 0 Å². The Labute approximate surface area is 204 Å². The van der Waals surface area contributed by atoms with Crippen molar-refractivity contribution in [1.82, 2.24) is 0 Å². The lowest BCUT2D eigenvalue weighted by Crippen LogP contribution is -2.60. The molecule has 0 aliphatic carbocycles. The molecular weight excluding hydrogens is 497 g/mol. The number of hydrogen-bond acceptors (Lipinski definition) is 8. The molecule has 0 bridgehead atoms. The Morgan fingerprint density at radius 1 is 0.879 bits per heavy atom. The molecular formula is C22H20Cl3NO7. The van der Waals surface area contributed by atoms with Crippen LogP contribution in [0.25, 0.3) is 0 Å². The summed E-state index contributed by atoms with van der Waals surface area (Å²) in [5.74, 6) is -2.29. The zero-order valence-corrected chi connectivity index (χ0v) is 19.5. The van der Waals surface area contributed by atoms with Gasteiger partial charge in [0.1, 0.15) is 0 Å². The number of carbonyl (C=O) groups excluding carboxylic acids is 2. The van der Waals surface area contributed by atoms with Crippen molar-refractivity contribution < 1.29 is 33.6 Å². The van der Waals surface area contributed by atoms with Crippen LogP contribution in [0.3, 0.4) is 0 Å². The summed E-state index contributed by atoms with van der Waals surface area (Å²) in [4.78, 5) is 25.3. The number of benzene rings is 2. The first-order chi connectivity index (χ1) is 15.6. The second kappa shape index (κ2) is 10.7. The maximum absolute atomic E-state index is 12.7. The van der Waals surface area contributed by atoms with Gasteiger partial charge in [0.2, 0.25) is 12.2 Å². The molecule has 8 nitrogen and oxygen atoms in total. The average Bonchev–Trinajstić information content (AvgIpc) is 2.79. The van der Waals surface area contributed by atoms with Crippen LogP contribution in [0.2, 0.25) is 0 Å². The number of nitrogens with one attached hydrogen (secondary N) is 1. The Morgan fingerprint density at radius 2 is 1.33 bits per heavy atom. The molecule has 176 valence electrons. The minimum atomic E-state index is -2.21. The predicted molar refractivity (Wildman–Crippen MR) is 121 cm³/mol. The third kappa shape index (κ3) is 6.37. The van der Waals surface area contributed by atoms with E-state index in [9.17, 15) is 14.7 Å². The van der Waals surface area contributed by atoms with Crippen LogP contribution in [-0.2, 0) is 18.9 Å². The third-order valence-corrected chi connectivity index (χ3v) is 5.26. The van der Waals surface area contributed by atoms with Crippen molar-refractivity contribution in [1.29, 1.82) is 5.41 Å². The highest BCUT2D eigenvalue weighted by atomic mass is 35.6. The van der Waals surface area contributed by atoms with Gasteiger partial charge < -0.3 is 24.1 Å². The van der Waals surface area contributed by atoms with Crippen molar-refractivity contribution in [3.05, 3.63) is 71.8 Å². The Balaban J connectivity index is 1.85. The summed E-state index contributed by atoms with van der Waals surface area (Å²) in [6.07, 6.45) is -6.77. The maximum Gasteiger partial charge on any atom is 0.338 e. The van der Waals surface area contributed by atoms with Crippen LogP contribution < -0.4 is 0 Å². The van der Waals surface area contributed by atoms with Gasteiger partial charge in [0.25, 0.3) is 3.79 Å². The van der Waals surface area contributed by atoms with E-state index in [-0.39, 0.29) is 11.1 Å². The molecule has 0 unspecified atom stereocenters. The standard InChI is InChI=1S/C22H20Cl3NO7/c1-12-16(31-18(28)13-8-4-2-5-9-13)17(32-19(29)14-10-6-3-7-11-14)15(27)20(30-12)33-21(26)22(23,24)25/h2-12,15-17,20,26-27H,1H3/t12-,15+,16-,17-,20-/m0/s1. The first-order valence-electron chi connectivity index (χ1n) is 9.76. The van der Waals surface area contributed by atoms with Gasteiger partial charge in [0.05, 0.1) is 17.2 Å². The number of alkyl halides is 3. The Bertz CT molecular complexity index is 984. The van der Waals surface area contributed by atoms with Crippen LogP contribution in [-0.4, -0.2) is 57.4 Å². The van der Waals surface area contributed by atoms with E-state index in [0.29, 0.717) is 0 Å². The zero-order valence-electron chi connectivity index (χ0n) is 17.2. The Hall–Kier alpha value is -2.36. The third-order valence-electron chi connectivity index (χ3n) is 4.75. The number of hydrogen-bond donors (Lipinski definition) is 2. The molecule has 11 heteroatoms. The molecule has 0 aromatic heterocycles. The molecule has 2 N–H and O–H groups in total. The van der Waals surface area contributed by atoms with Gasteiger partial charge in [-0.1, -0.05) is 71.2 Å². The van der Waals surface area contributed by atoms with Gasteiger partial charge in [-0.3, -0.25) is 5.41 Å². The predicted octanol–water partition coefficient (Wildman–Crippen LogP) is 3.91. The molecule has 1 aliphatic heterocycles. The van der Waals surface area contributed by atoms with E-state index in [0.717, 1.165) is 0 Å². The van der Waals surface area contributed by atoms with E-state index in [1.54, 1.807) is 48.5 Å². The normalized spacial score (nSPS) is 25.1. The summed E-state index contributed by atoms with van der Waals surface area (Å²) < 4.78 is 19.6. The molecule has 1 heterocycles. The summed E-state index contributed by atoms with van der Waals surface area (Å²) >= 11 is 16.9. The fourth-order valence-electron chi connectivity index (χ4n) is 3.10. The topological polar surface area (TPSA) is 115 Å². The van der Waals surface area contributed by atoms with Gasteiger partial charge in [0.15, 0.2) is 18.3 Å². The summed E-state index contributed by atoms with van der Waals surface area (Å²) in [6, 6.07) is 16.2. The van der Waals surface area contributed by atoms with Crippen molar-refractivity contribution in [3.8, 4) is 0 Å². The average molecular weight is 517 g/mol. The SMILES string of the molecule is C[C@@H]1O[C@@H](OC(=N)C(Cl)(Cl)Cl)[C@H](O)[C@H](OC(=O)c2ccccc2)[C@H]1OC(=O)c1ccccc1. The van der Waals surface area contributed by atoms with Crippen molar-refractivity contribution in [2.45, 2.75) is 41.4 Å². The van der Waals surface area contributed by atoms with Gasteiger partial charge >= 0.3 is 11.9 Å². The van der Waals surface area contributed by atoms with Crippen molar-refractivity contribution >= 4 is 52.6 Å². The molecule has 3 rings (SSSR count). The van der Waals surface area contributed by atoms with E-state index >= 15 is 0 Å². The second-order valence-electron chi connectivity index (χ2n) is 7.12. The quantitative estimate of drug-likeness (QED) is 0.268. The molecule has 2 aromatic carbocycles. The number of aliphatic hydroxyl groups is 1. The van der Waals surface area contributed by atoms with Crippen molar-refractivity contribution in [2.24, 2.45) is 0 Å². The summed E-state index contributed by atoms with van der Waals surface area (Å²) in [6.45, 7) is 1.52. The molecule has 1 aliphatic rings. The minimum absolute atomic E-state index is 0.212. The van der Waals surface area contributed by atoms with Gasteiger partial charge in [-0.2, -0.15) is 0 Å². The molecule has 1 fully saturated rings. The largest absolute Gasteiger partial charge is 0.452 e. The zero-order chi connectivity index (χ0) is 24.2. The highest BCUT2D eigenvalue weighted by Crippen LogP contribution is 2.32. The fraction of sp³-hybridized carbons (Fsp3) is 0.318. The lowest BCUT2D eigenvalue weighted by atomic mass is 9.99. The summed E-state index contributed by atoms with van der Waals surface area (Å²) in [7, 11) is 0. The number of aliphatic hydroxyl groups excluding tert-OH is 1. The van der Waals surface area contributed by atoms with Crippen LogP contribution in [0.5, 0.6) is 0 Å². The number of ether oxygens (including phenoxy) is 4. The van der Waals surface area contributed by atoms with Crippen LogP contribution in [0.15, 0.2) is 60.7 Å². The lowest BCUT2D eigenvalue weighted by molar-refractivity contribution is -0.271. The van der Waals surface area contributed by atoms with Crippen molar-refractivity contribution in [3.63, 3.8) is 0 Å². The van der Waals surface area contributed by atoms with Gasteiger partial charge in [-0.25, -0.2) is 9.59 Å². The maximum atomic E-state index is 12.7. The lowest BCUT2D eigenvalue weighted by Gasteiger charge is -2.42. The highest BCUT2D eigenvalue weighted by molar-refractivity contribution is 6.76. The van der Waals surface area contributed by atoms with E-state index < -0.39 is 52.3 Å². The van der Waals surface area contributed by atoms with Crippen LogP contribution in [0, 0.1) is 5.41 Å². The van der Waals surface area contributed by atoms with Crippen LogP contribution in [0.1, 0.15) is 27.6 Å². The Morgan fingerprint density at radius 3 is 1.79 bits per heavy atom. The smallest absolute Gasteiger partial charge is 0.338 e. The molecule has 0 radical (unpaired) electrons. The fourth-order valence-corrected chi connectivity index (χ4v) is 3.23. The molecule has 33 heavy (non-hydrogen) atoms. The Kier molecular flexibility index (Phi) is 8.20.